The number of rotatable bonds is 4. The summed E-state index contributed by atoms with van der Waals surface area (Å²) in [5.41, 5.74) is 1.63. The van der Waals surface area contributed by atoms with E-state index in [4.69, 9.17) is 11.6 Å². The van der Waals surface area contributed by atoms with Gasteiger partial charge in [0.15, 0.2) is 5.78 Å². The second-order valence-electron chi connectivity index (χ2n) is 4.31. The van der Waals surface area contributed by atoms with Gasteiger partial charge in [-0.2, -0.15) is 5.10 Å². The minimum Gasteiger partial charge on any atom is -0.292 e. The maximum absolute atomic E-state index is 13.7. The van der Waals surface area contributed by atoms with Crippen LogP contribution in [0, 0.1) is 5.82 Å². The molecule has 0 radical (unpaired) electrons. The van der Waals surface area contributed by atoms with Gasteiger partial charge < -0.3 is 0 Å². The summed E-state index contributed by atoms with van der Waals surface area (Å²) < 4.78 is 15.3. The van der Waals surface area contributed by atoms with E-state index < -0.39 is 5.82 Å². The first-order valence-electron chi connectivity index (χ1n) is 6.02. The molecule has 0 fully saturated rings. The normalized spacial score (nSPS) is 10.7. The zero-order valence-electron chi connectivity index (χ0n) is 10.8. The van der Waals surface area contributed by atoms with Gasteiger partial charge in [0, 0.05) is 13.5 Å². The highest BCUT2D eigenvalue weighted by molar-refractivity contribution is 6.30. The summed E-state index contributed by atoms with van der Waals surface area (Å²) in [6, 6.07) is 6.40. The Morgan fingerprint density at radius 3 is 2.84 bits per heavy atom. The van der Waals surface area contributed by atoms with Crippen molar-refractivity contribution >= 4 is 17.4 Å². The fraction of sp³-hybridized carbons (Fsp3) is 0.286. The Bertz CT molecular complexity index is 622. The molecule has 0 aliphatic rings. The first kappa shape index (κ1) is 13.7. The van der Waals surface area contributed by atoms with E-state index in [0.29, 0.717) is 11.3 Å². The highest BCUT2D eigenvalue weighted by atomic mass is 35.5. The predicted octanol–water partition coefficient (Wildman–Crippen LogP) is 3.20. The number of benzene rings is 1. The summed E-state index contributed by atoms with van der Waals surface area (Å²) in [5, 5.41) is 4.24. The maximum atomic E-state index is 13.7. The number of ketones is 1. The fourth-order valence-electron chi connectivity index (χ4n) is 1.91. The Morgan fingerprint density at radius 1 is 1.47 bits per heavy atom. The molecule has 0 aliphatic carbocycles. The van der Waals surface area contributed by atoms with Crippen LogP contribution in [0.15, 0.2) is 24.3 Å². The van der Waals surface area contributed by atoms with Gasteiger partial charge >= 0.3 is 0 Å². The number of aryl methyl sites for hydroxylation is 2. The number of nitrogens with zero attached hydrogens (tertiary/aromatic N) is 2. The molecule has 0 N–H and O–H groups in total. The highest BCUT2D eigenvalue weighted by Crippen LogP contribution is 2.19. The number of halogens is 2. The number of aromatic nitrogens is 2. The van der Waals surface area contributed by atoms with Crippen LogP contribution >= 0.6 is 11.6 Å². The lowest BCUT2D eigenvalue weighted by molar-refractivity contribution is 0.0983. The molecule has 1 aromatic heterocycles. The van der Waals surface area contributed by atoms with Crippen molar-refractivity contribution < 1.29 is 9.18 Å². The zero-order chi connectivity index (χ0) is 14.0. The topological polar surface area (TPSA) is 34.9 Å². The molecule has 0 aliphatic heterocycles. The molecule has 0 saturated heterocycles. The molecular weight excluding hydrogens is 267 g/mol. The van der Waals surface area contributed by atoms with E-state index in [0.717, 1.165) is 12.1 Å². The van der Waals surface area contributed by atoms with E-state index in [1.54, 1.807) is 25.2 Å². The van der Waals surface area contributed by atoms with Crippen molar-refractivity contribution in [2.45, 2.75) is 19.8 Å². The second kappa shape index (κ2) is 5.53. The quantitative estimate of drug-likeness (QED) is 0.806. The van der Waals surface area contributed by atoms with Crippen LogP contribution in [0.4, 0.5) is 4.39 Å². The van der Waals surface area contributed by atoms with Crippen LogP contribution in [0.1, 0.15) is 28.7 Å². The molecule has 0 atom stereocenters. The van der Waals surface area contributed by atoms with E-state index in [-0.39, 0.29) is 17.2 Å². The van der Waals surface area contributed by atoms with Gasteiger partial charge in [-0.05, 0) is 24.1 Å². The third-order valence-corrected chi connectivity index (χ3v) is 3.25. The van der Waals surface area contributed by atoms with Gasteiger partial charge in [0.1, 0.15) is 11.5 Å². The Kier molecular flexibility index (Phi) is 4.00. The van der Waals surface area contributed by atoms with E-state index in [1.807, 2.05) is 6.92 Å². The van der Waals surface area contributed by atoms with Crippen molar-refractivity contribution in [2.75, 3.05) is 0 Å². The van der Waals surface area contributed by atoms with E-state index in [9.17, 15) is 9.18 Å². The molecule has 2 rings (SSSR count). The molecular formula is C14H14ClFN2O. The van der Waals surface area contributed by atoms with Crippen molar-refractivity contribution in [3.8, 4) is 0 Å². The van der Waals surface area contributed by atoms with Crippen molar-refractivity contribution in [3.63, 3.8) is 0 Å². The largest absolute Gasteiger partial charge is 0.292 e. The number of Topliss-reactive ketones (excluding diaryl/α,β-unsaturated/α-hetero) is 1. The first-order valence-corrected chi connectivity index (χ1v) is 6.39. The van der Waals surface area contributed by atoms with Gasteiger partial charge in [-0.1, -0.05) is 30.7 Å². The molecule has 2 aromatic rings. The van der Waals surface area contributed by atoms with Crippen LogP contribution in [-0.4, -0.2) is 15.6 Å². The molecule has 19 heavy (non-hydrogen) atoms. The Labute approximate surface area is 116 Å². The number of hydrogen-bond acceptors (Lipinski definition) is 2. The van der Waals surface area contributed by atoms with Crippen LogP contribution in [0.25, 0.3) is 0 Å². The summed E-state index contributed by atoms with van der Waals surface area (Å²) in [6.07, 6.45) is 0.738. The predicted molar refractivity (Wildman–Crippen MR) is 72.0 cm³/mol. The van der Waals surface area contributed by atoms with Gasteiger partial charge in [0.25, 0.3) is 0 Å². The summed E-state index contributed by atoms with van der Waals surface area (Å²) in [5.74, 6) is -0.703. The van der Waals surface area contributed by atoms with Gasteiger partial charge in [0.05, 0.1) is 10.7 Å². The summed E-state index contributed by atoms with van der Waals surface area (Å²) >= 11 is 5.70. The molecule has 0 spiro atoms. The highest BCUT2D eigenvalue weighted by Gasteiger charge is 2.16. The smallest absolute Gasteiger partial charge is 0.185 e. The fourth-order valence-corrected chi connectivity index (χ4v) is 2.10. The minimum absolute atomic E-state index is 0.0188. The van der Waals surface area contributed by atoms with Gasteiger partial charge in [-0.3, -0.25) is 9.48 Å². The maximum Gasteiger partial charge on any atom is 0.185 e. The molecule has 5 heteroatoms. The lowest BCUT2D eigenvalue weighted by Crippen LogP contribution is -2.10. The zero-order valence-corrected chi connectivity index (χ0v) is 11.5. The lowest BCUT2D eigenvalue weighted by atomic mass is 10.1. The third kappa shape index (κ3) is 2.84. The van der Waals surface area contributed by atoms with E-state index in [2.05, 4.69) is 5.10 Å². The van der Waals surface area contributed by atoms with E-state index in [1.165, 1.54) is 10.7 Å². The SMILES string of the molecule is CCc1cc(C(=O)Cc2cccc(Cl)c2F)n(C)n1. The van der Waals surface area contributed by atoms with Crippen molar-refractivity contribution in [1.82, 2.24) is 9.78 Å². The van der Waals surface area contributed by atoms with Crippen LogP contribution in [-0.2, 0) is 19.9 Å². The van der Waals surface area contributed by atoms with Crippen molar-refractivity contribution in [1.29, 1.82) is 0 Å². The second-order valence-corrected chi connectivity index (χ2v) is 4.72. The molecule has 0 amide bonds. The molecule has 0 unspecified atom stereocenters. The van der Waals surface area contributed by atoms with Gasteiger partial charge in [0.2, 0.25) is 0 Å². The Hall–Kier alpha value is -1.68. The summed E-state index contributed by atoms with van der Waals surface area (Å²) in [6.45, 7) is 1.97. The monoisotopic (exact) mass is 280 g/mol. The van der Waals surface area contributed by atoms with Crippen molar-refractivity contribution in [3.05, 3.63) is 52.1 Å². The average Bonchev–Trinajstić information content (AvgIpc) is 2.76. The number of carbonyl (C=O) groups excluding carboxylic acids is 1. The molecule has 1 aromatic carbocycles. The van der Waals surface area contributed by atoms with Crippen LogP contribution in [0.3, 0.4) is 0 Å². The van der Waals surface area contributed by atoms with E-state index >= 15 is 0 Å². The van der Waals surface area contributed by atoms with Crippen LogP contribution in [0.5, 0.6) is 0 Å². The van der Waals surface area contributed by atoms with Gasteiger partial charge in [-0.15, -0.1) is 0 Å². The van der Waals surface area contributed by atoms with Crippen LogP contribution < -0.4 is 0 Å². The molecule has 0 saturated carbocycles. The molecule has 3 nitrogen and oxygen atoms in total. The standard InChI is InChI=1S/C14H14ClFN2O/c1-3-10-8-12(18(2)17-10)13(19)7-9-5-4-6-11(15)14(9)16/h4-6,8H,3,7H2,1-2H3. The average molecular weight is 281 g/mol. The van der Waals surface area contributed by atoms with Gasteiger partial charge in [-0.25, -0.2) is 4.39 Å². The minimum atomic E-state index is -0.532. The first-order chi connectivity index (χ1) is 9.02. The number of hydrogen-bond donors (Lipinski definition) is 0. The summed E-state index contributed by atoms with van der Waals surface area (Å²) in [7, 11) is 1.71. The molecule has 0 bridgehead atoms. The Balaban J connectivity index is 2.25. The van der Waals surface area contributed by atoms with Crippen LogP contribution in [0.2, 0.25) is 5.02 Å². The molecule has 1 heterocycles. The summed E-state index contributed by atoms with van der Waals surface area (Å²) in [4.78, 5) is 12.2. The number of carbonyl (C=O) groups is 1. The Morgan fingerprint density at radius 2 is 2.21 bits per heavy atom. The lowest BCUT2D eigenvalue weighted by Gasteiger charge is -2.04. The third-order valence-electron chi connectivity index (χ3n) is 2.96. The molecule has 100 valence electrons. The van der Waals surface area contributed by atoms with Crippen molar-refractivity contribution in [2.24, 2.45) is 7.05 Å².